The average Bonchev–Trinajstić information content (AvgIpc) is 3.24. The van der Waals surface area contributed by atoms with Gasteiger partial charge in [0.15, 0.2) is 6.29 Å². The van der Waals surface area contributed by atoms with E-state index in [2.05, 4.69) is 127 Å². The molecule has 1 saturated heterocycles. The minimum absolute atomic E-state index is 0.0183. The third-order valence-electron chi connectivity index (χ3n) is 9.39. The molecule has 1 aliphatic rings. The van der Waals surface area contributed by atoms with Crippen molar-refractivity contribution in [2.24, 2.45) is 0 Å². The Labute approximate surface area is 373 Å². The lowest BCUT2D eigenvalue weighted by atomic mass is 9.99. The number of carbonyl (C=O) groups excluding carboxylic acids is 1. The van der Waals surface area contributed by atoms with Crippen molar-refractivity contribution in [2.45, 2.75) is 166 Å². The lowest BCUT2D eigenvalue weighted by Crippen LogP contribution is -2.60. The van der Waals surface area contributed by atoms with Crippen molar-refractivity contribution in [3.05, 3.63) is 109 Å². The summed E-state index contributed by atoms with van der Waals surface area (Å²) in [5, 5.41) is 30.7. The lowest BCUT2D eigenvalue weighted by Gasteiger charge is -2.41. The van der Waals surface area contributed by atoms with E-state index in [0.29, 0.717) is 13.0 Å². The quantitative estimate of drug-likeness (QED) is 0.0201. The Balaban J connectivity index is 2.48. The Bertz CT molecular complexity index is 1490. The van der Waals surface area contributed by atoms with E-state index in [1.165, 1.54) is 0 Å². The van der Waals surface area contributed by atoms with Gasteiger partial charge < -0.3 is 34.3 Å². The van der Waals surface area contributed by atoms with Crippen molar-refractivity contribution in [1.82, 2.24) is 0 Å². The highest BCUT2D eigenvalue weighted by molar-refractivity contribution is 7.80. The van der Waals surface area contributed by atoms with Crippen LogP contribution in [-0.2, 0) is 38.3 Å². The molecule has 12 nitrogen and oxygen atoms in total. The highest BCUT2D eigenvalue weighted by Gasteiger charge is 2.48. The zero-order valence-corrected chi connectivity index (χ0v) is 38.2. The van der Waals surface area contributed by atoms with Crippen LogP contribution in [0.5, 0.6) is 0 Å². The number of hydrogen-bond donors (Lipinski definition) is 4. The van der Waals surface area contributed by atoms with Gasteiger partial charge in [-0.2, -0.15) is 8.42 Å². The predicted octanol–water partition coefficient (Wildman–Crippen LogP) is 9.63. The minimum atomic E-state index is -5.08. The SMILES string of the molecule is CC/C=C\C/C=C\C/C=C\C/C=C\C/C=C\CCCCCCCC(=O)OC(COCCC/C=C\C/C=C\C/C=C\C/C=C\CC)COC1OC(CO)C(O)C(OS(=O)(=O)O)C1O. The van der Waals surface area contributed by atoms with Crippen LogP contribution in [0, 0.1) is 0 Å². The summed E-state index contributed by atoms with van der Waals surface area (Å²) in [7, 11) is -5.08. The molecular weight excluding hydrogens is 813 g/mol. The van der Waals surface area contributed by atoms with Gasteiger partial charge in [0.2, 0.25) is 0 Å². The second-order valence-electron chi connectivity index (χ2n) is 14.9. The smallest absolute Gasteiger partial charge is 0.397 e. The van der Waals surface area contributed by atoms with E-state index in [0.717, 1.165) is 103 Å². The molecule has 0 aliphatic carbocycles. The first-order valence-corrected chi connectivity index (χ1v) is 24.0. The molecule has 352 valence electrons. The van der Waals surface area contributed by atoms with E-state index in [1.54, 1.807) is 0 Å². The first kappa shape index (κ1) is 56.8. The monoisotopic (exact) mass is 891 g/mol. The van der Waals surface area contributed by atoms with E-state index in [9.17, 15) is 28.5 Å². The number of esters is 1. The molecule has 0 bridgehead atoms. The molecule has 0 radical (unpaired) electrons. The van der Waals surface area contributed by atoms with Crippen molar-refractivity contribution >= 4 is 16.4 Å². The summed E-state index contributed by atoms with van der Waals surface area (Å²) in [6, 6.07) is 0. The van der Waals surface area contributed by atoms with Gasteiger partial charge in [0, 0.05) is 13.0 Å². The molecule has 0 saturated carbocycles. The normalized spacial score (nSPS) is 21.0. The van der Waals surface area contributed by atoms with Crippen LogP contribution in [-0.4, -0.2) is 97.5 Å². The van der Waals surface area contributed by atoms with E-state index >= 15 is 0 Å². The molecule has 6 atom stereocenters. The fraction of sp³-hybridized carbons (Fsp3) is 0.612. The third kappa shape index (κ3) is 32.4. The van der Waals surface area contributed by atoms with Crippen molar-refractivity contribution in [2.75, 3.05) is 26.4 Å². The number of ether oxygens (including phenoxy) is 4. The number of rotatable bonds is 37. The van der Waals surface area contributed by atoms with Gasteiger partial charge in [-0.1, -0.05) is 142 Å². The van der Waals surface area contributed by atoms with Crippen LogP contribution < -0.4 is 0 Å². The Morgan fingerprint density at radius 1 is 0.613 bits per heavy atom. The number of aliphatic hydroxyl groups excluding tert-OH is 3. The number of hydrogen-bond acceptors (Lipinski definition) is 11. The zero-order chi connectivity index (χ0) is 45.4. The summed E-state index contributed by atoms with van der Waals surface area (Å²) in [5.41, 5.74) is 0. The number of allylic oxidation sites excluding steroid dienone is 18. The summed E-state index contributed by atoms with van der Waals surface area (Å²) in [4.78, 5) is 12.9. The molecule has 1 heterocycles. The fourth-order valence-corrected chi connectivity index (χ4v) is 6.56. The van der Waals surface area contributed by atoms with Crippen molar-refractivity contribution in [3.63, 3.8) is 0 Å². The standard InChI is InChI=1S/C49H78O12S/c1-3-5-7-9-11-13-15-17-19-20-21-22-23-24-25-26-28-30-32-34-36-38-45(51)59-43(41-57-39-37-35-33-31-29-27-18-16-14-12-10-8-6-4-2)42-58-49-47(53)48(61-62(54,55)56)46(52)44(40-50)60-49/h5-8,11-14,17-19,21-22,24-25,27,31,33,43-44,46-50,52-53H,3-4,9-10,15-16,20,23,26,28-30,32,34-42H2,1-2H3,(H,54,55,56)/b7-5-,8-6-,13-11-,14-12-,19-17-,22-21-,25-24-,27-18-,33-31-. The molecule has 0 aromatic carbocycles. The maximum atomic E-state index is 12.9. The maximum Gasteiger partial charge on any atom is 0.397 e. The fourth-order valence-electron chi connectivity index (χ4n) is 6.05. The minimum Gasteiger partial charge on any atom is -0.457 e. The summed E-state index contributed by atoms with van der Waals surface area (Å²) < 4.78 is 58.9. The van der Waals surface area contributed by atoms with E-state index in [4.69, 9.17) is 23.5 Å². The Hall–Kier alpha value is -3.24. The van der Waals surface area contributed by atoms with Gasteiger partial charge in [0.05, 0.1) is 19.8 Å². The Kier molecular flexibility index (Phi) is 36.0. The van der Waals surface area contributed by atoms with Crippen LogP contribution in [0.4, 0.5) is 0 Å². The average molecular weight is 891 g/mol. The van der Waals surface area contributed by atoms with Gasteiger partial charge in [0.25, 0.3) is 0 Å². The molecule has 0 spiro atoms. The van der Waals surface area contributed by atoms with Crippen molar-refractivity contribution in [3.8, 4) is 0 Å². The van der Waals surface area contributed by atoms with Crippen LogP contribution in [0.25, 0.3) is 0 Å². The van der Waals surface area contributed by atoms with Crippen LogP contribution in [0.2, 0.25) is 0 Å². The number of aliphatic hydroxyl groups is 3. The van der Waals surface area contributed by atoms with Crippen LogP contribution in [0.3, 0.4) is 0 Å². The molecule has 0 amide bonds. The molecule has 13 heteroatoms. The lowest BCUT2D eigenvalue weighted by molar-refractivity contribution is -0.301. The van der Waals surface area contributed by atoms with Gasteiger partial charge in [-0.25, -0.2) is 4.18 Å². The van der Waals surface area contributed by atoms with Crippen LogP contribution in [0.15, 0.2) is 109 Å². The zero-order valence-electron chi connectivity index (χ0n) is 37.4. The third-order valence-corrected chi connectivity index (χ3v) is 9.86. The summed E-state index contributed by atoms with van der Waals surface area (Å²) in [6.45, 7) is 3.55. The van der Waals surface area contributed by atoms with Gasteiger partial charge in [0.1, 0.15) is 30.5 Å². The highest BCUT2D eigenvalue weighted by Crippen LogP contribution is 2.26. The Morgan fingerprint density at radius 2 is 1.06 bits per heavy atom. The van der Waals surface area contributed by atoms with Crippen LogP contribution >= 0.6 is 0 Å². The molecule has 4 N–H and O–H groups in total. The summed E-state index contributed by atoms with van der Waals surface area (Å²) >= 11 is 0. The molecule has 6 unspecified atom stereocenters. The van der Waals surface area contributed by atoms with Gasteiger partial charge in [-0.05, 0) is 89.9 Å². The summed E-state index contributed by atoms with van der Waals surface area (Å²) in [5.74, 6) is -0.442. The largest absolute Gasteiger partial charge is 0.457 e. The first-order valence-electron chi connectivity index (χ1n) is 22.6. The number of carbonyl (C=O) groups is 1. The molecular formula is C49H78O12S. The van der Waals surface area contributed by atoms with E-state index < -0.39 is 59.8 Å². The van der Waals surface area contributed by atoms with Crippen molar-refractivity contribution < 1.29 is 56.2 Å². The maximum absolute atomic E-state index is 12.9. The van der Waals surface area contributed by atoms with E-state index in [1.807, 2.05) is 0 Å². The molecule has 62 heavy (non-hydrogen) atoms. The topological polar surface area (TPSA) is 178 Å². The molecule has 0 aromatic heterocycles. The summed E-state index contributed by atoms with van der Waals surface area (Å²) in [6.07, 6.45) is 45.6. The second kappa shape index (κ2) is 39.4. The van der Waals surface area contributed by atoms with Gasteiger partial charge >= 0.3 is 16.4 Å². The second-order valence-corrected chi connectivity index (χ2v) is 15.9. The van der Waals surface area contributed by atoms with Gasteiger partial charge in [-0.3, -0.25) is 9.35 Å². The highest BCUT2D eigenvalue weighted by atomic mass is 32.3. The predicted molar refractivity (Wildman–Crippen MR) is 248 cm³/mol. The first-order chi connectivity index (χ1) is 30.1. The van der Waals surface area contributed by atoms with Crippen molar-refractivity contribution in [1.29, 1.82) is 0 Å². The molecule has 1 aliphatic heterocycles. The van der Waals surface area contributed by atoms with Crippen LogP contribution in [0.1, 0.15) is 129 Å². The molecule has 1 fully saturated rings. The molecule has 0 aromatic rings. The number of unbranched alkanes of at least 4 members (excludes halogenated alkanes) is 6. The van der Waals surface area contributed by atoms with E-state index in [-0.39, 0.29) is 19.6 Å². The molecule has 1 rings (SSSR count). The Morgan fingerprint density at radius 3 is 1.55 bits per heavy atom. The van der Waals surface area contributed by atoms with Gasteiger partial charge in [-0.15, -0.1) is 0 Å².